The number of rotatable bonds is 5. The van der Waals surface area contributed by atoms with Crippen LogP contribution in [0.5, 0.6) is 0 Å². The predicted molar refractivity (Wildman–Crippen MR) is 90.6 cm³/mol. The summed E-state index contributed by atoms with van der Waals surface area (Å²) in [5, 5.41) is 12.0. The Hall–Kier alpha value is -3.07. The van der Waals surface area contributed by atoms with Gasteiger partial charge >= 0.3 is 0 Å². The van der Waals surface area contributed by atoms with Crippen molar-refractivity contribution in [2.75, 3.05) is 0 Å². The van der Waals surface area contributed by atoms with E-state index in [1.165, 1.54) is 47.0 Å². The molecule has 0 aliphatic rings. The van der Waals surface area contributed by atoms with Gasteiger partial charge in [0.1, 0.15) is 17.9 Å². The van der Waals surface area contributed by atoms with Gasteiger partial charge in [0.2, 0.25) is 11.0 Å². The molecule has 0 N–H and O–H groups in total. The third-order valence-electron chi connectivity index (χ3n) is 3.49. The molecule has 0 radical (unpaired) electrons. The first-order valence-corrected chi connectivity index (χ1v) is 8.55. The van der Waals surface area contributed by atoms with E-state index in [9.17, 15) is 8.78 Å². The molecule has 0 amide bonds. The third kappa shape index (κ3) is 3.47. The zero-order valence-electron chi connectivity index (χ0n) is 13.2. The first-order chi connectivity index (χ1) is 12.7. The van der Waals surface area contributed by atoms with Gasteiger partial charge in [-0.25, -0.2) is 13.8 Å². The minimum absolute atomic E-state index is 0.319. The average Bonchev–Trinajstić information content (AvgIpc) is 3.30. The van der Waals surface area contributed by atoms with E-state index >= 15 is 0 Å². The molecule has 0 saturated heterocycles. The second kappa shape index (κ2) is 7.04. The summed E-state index contributed by atoms with van der Waals surface area (Å²) in [6.45, 7) is 0. The predicted octanol–water partition coefficient (Wildman–Crippen LogP) is 3.89. The van der Waals surface area contributed by atoms with E-state index in [4.69, 9.17) is 4.42 Å². The van der Waals surface area contributed by atoms with Crippen LogP contribution in [0.2, 0.25) is 0 Å². The summed E-state index contributed by atoms with van der Waals surface area (Å²) >= 11 is 1.34. The summed E-state index contributed by atoms with van der Waals surface area (Å²) in [5.41, 5.74) is 1.90. The van der Waals surface area contributed by atoms with Gasteiger partial charge in [-0.3, -0.25) is 0 Å². The lowest BCUT2D eigenvalue weighted by atomic mass is 10.2. The van der Waals surface area contributed by atoms with Gasteiger partial charge in [0.25, 0.3) is 0 Å². The molecule has 6 nitrogen and oxygen atoms in total. The van der Waals surface area contributed by atoms with Crippen LogP contribution in [0.25, 0.3) is 17.1 Å². The van der Waals surface area contributed by atoms with Gasteiger partial charge in [0, 0.05) is 11.3 Å². The molecule has 2 aromatic carbocycles. The van der Waals surface area contributed by atoms with E-state index in [0.29, 0.717) is 33.7 Å². The van der Waals surface area contributed by atoms with E-state index in [1.807, 2.05) is 0 Å². The molecule has 0 fully saturated rings. The highest BCUT2D eigenvalue weighted by atomic mass is 32.2. The van der Waals surface area contributed by atoms with E-state index < -0.39 is 0 Å². The van der Waals surface area contributed by atoms with Crippen molar-refractivity contribution in [2.24, 2.45) is 0 Å². The Morgan fingerprint density at radius 1 is 1.04 bits per heavy atom. The van der Waals surface area contributed by atoms with Gasteiger partial charge in [-0.1, -0.05) is 17.8 Å². The lowest BCUT2D eigenvalue weighted by Gasteiger charge is -2.03. The SMILES string of the molecule is Fc1ccc(-c2nc(CSc3nnnn3-c3cccc(F)c3)co2)cc1. The summed E-state index contributed by atoms with van der Waals surface area (Å²) in [5.74, 6) is 0.181. The Balaban J connectivity index is 1.49. The smallest absolute Gasteiger partial charge is 0.226 e. The van der Waals surface area contributed by atoms with E-state index in [1.54, 1.807) is 24.3 Å². The molecule has 0 atom stereocenters. The molecule has 2 aromatic heterocycles. The average molecular weight is 371 g/mol. The van der Waals surface area contributed by atoms with Gasteiger partial charge in [-0.2, -0.15) is 4.68 Å². The number of thioether (sulfide) groups is 1. The van der Waals surface area contributed by atoms with Crippen molar-refractivity contribution >= 4 is 11.8 Å². The maximum atomic E-state index is 13.4. The highest BCUT2D eigenvalue weighted by molar-refractivity contribution is 7.98. The molecule has 4 aromatic rings. The van der Waals surface area contributed by atoms with Gasteiger partial charge in [0.05, 0.1) is 11.4 Å². The number of hydrogen-bond acceptors (Lipinski definition) is 6. The minimum atomic E-state index is -0.366. The maximum absolute atomic E-state index is 13.4. The zero-order valence-corrected chi connectivity index (χ0v) is 14.0. The van der Waals surface area contributed by atoms with Crippen LogP contribution in [-0.4, -0.2) is 25.2 Å². The fourth-order valence-corrected chi connectivity index (χ4v) is 3.04. The highest BCUT2D eigenvalue weighted by Crippen LogP contribution is 2.25. The Labute approximate surface area is 150 Å². The molecule has 4 rings (SSSR count). The van der Waals surface area contributed by atoms with Crippen LogP contribution in [0.15, 0.2) is 64.4 Å². The second-order valence-electron chi connectivity index (χ2n) is 5.29. The van der Waals surface area contributed by atoms with Crippen molar-refractivity contribution in [3.05, 3.63) is 72.1 Å². The highest BCUT2D eigenvalue weighted by Gasteiger charge is 2.12. The quantitative estimate of drug-likeness (QED) is 0.496. The van der Waals surface area contributed by atoms with Crippen molar-refractivity contribution < 1.29 is 13.2 Å². The Kier molecular flexibility index (Phi) is 4.44. The van der Waals surface area contributed by atoms with Gasteiger partial charge < -0.3 is 4.42 Å². The van der Waals surface area contributed by atoms with Crippen molar-refractivity contribution in [2.45, 2.75) is 10.9 Å². The fourth-order valence-electron chi connectivity index (χ4n) is 2.28. The number of hydrogen-bond donors (Lipinski definition) is 0. The molecular formula is C17H11F2N5OS. The monoisotopic (exact) mass is 371 g/mol. The van der Waals surface area contributed by atoms with Crippen LogP contribution >= 0.6 is 11.8 Å². The van der Waals surface area contributed by atoms with Crippen LogP contribution in [0.3, 0.4) is 0 Å². The van der Waals surface area contributed by atoms with Crippen LogP contribution in [-0.2, 0) is 5.75 Å². The van der Waals surface area contributed by atoms with Crippen molar-refractivity contribution in [3.8, 4) is 17.1 Å². The normalized spacial score (nSPS) is 11.0. The van der Waals surface area contributed by atoms with Gasteiger partial charge in [0.15, 0.2) is 0 Å². The molecule has 0 aliphatic carbocycles. The summed E-state index contributed by atoms with van der Waals surface area (Å²) in [6, 6.07) is 11.9. The second-order valence-corrected chi connectivity index (χ2v) is 6.24. The zero-order chi connectivity index (χ0) is 17.9. The Bertz CT molecular complexity index is 1030. The summed E-state index contributed by atoms with van der Waals surface area (Å²) in [7, 11) is 0. The summed E-state index contributed by atoms with van der Waals surface area (Å²) < 4.78 is 33.3. The van der Waals surface area contributed by atoms with Crippen LogP contribution in [0.1, 0.15) is 5.69 Å². The number of halogens is 2. The first kappa shape index (κ1) is 16.4. The lowest BCUT2D eigenvalue weighted by Crippen LogP contribution is -1.99. The molecule has 0 bridgehead atoms. The Morgan fingerprint density at radius 3 is 2.69 bits per heavy atom. The van der Waals surface area contributed by atoms with Gasteiger partial charge in [-0.05, 0) is 52.9 Å². The van der Waals surface area contributed by atoms with Crippen molar-refractivity contribution in [1.29, 1.82) is 0 Å². The number of oxazole rings is 1. The summed E-state index contributed by atoms with van der Waals surface area (Å²) in [6.07, 6.45) is 1.53. The minimum Gasteiger partial charge on any atom is -0.444 e. The molecular weight excluding hydrogens is 360 g/mol. The molecule has 0 spiro atoms. The van der Waals surface area contributed by atoms with Crippen LogP contribution < -0.4 is 0 Å². The topological polar surface area (TPSA) is 69.6 Å². The largest absolute Gasteiger partial charge is 0.444 e. The number of tetrazole rings is 1. The van der Waals surface area contributed by atoms with Crippen LogP contribution in [0, 0.1) is 11.6 Å². The Morgan fingerprint density at radius 2 is 1.88 bits per heavy atom. The van der Waals surface area contributed by atoms with Gasteiger partial charge in [-0.15, -0.1) is 5.10 Å². The molecule has 9 heteroatoms. The van der Waals surface area contributed by atoms with Crippen LogP contribution in [0.4, 0.5) is 8.78 Å². The summed E-state index contributed by atoms with van der Waals surface area (Å²) in [4.78, 5) is 4.38. The number of benzene rings is 2. The number of aromatic nitrogens is 5. The maximum Gasteiger partial charge on any atom is 0.226 e. The number of nitrogens with zero attached hydrogens (tertiary/aromatic N) is 5. The van der Waals surface area contributed by atoms with E-state index in [-0.39, 0.29) is 11.6 Å². The standard InChI is InChI=1S/C17H11F2N5OS/c18-12-6-4-11(5-7-12)16-20-14(9-25-16)10-26-17-21-22-23-24(17)15-3-1-2-13(19)8-15/h1-9H,10H2. The molecule has 130 valence electrons. The third-order valence-corrected chi connectivity index (χ3v) is 4.44. The molecule has 0 aliphatic heterocycles. The molecule has 0 saturated carbocycles. The van der Waals surface area contributed by atoms with Crippen molar-refractivity contribution in [1.82, 2.24) is 25.2 Å². The van der Waals surface area contributed by atoms with E-state index in [0.717, 1.165) is 0 Å². The molecule has 26 heavy (non-hydrogen) atoms. The lowest BCUT2D eigenvalue weighted by molar-refractivity contribution is 0.573. The van der Waals surface area contributed by atoms with E-state index in [2.05, 4.69) is 20.5 Å². The molecule has 0 unspecified atom stereocenters. The fraction of sp³-hybridized carbons (Fsp3) is 0.0588. The molecule has 2 heterocycles. The first-order valence-electron chi connectivity index (χ1n) is 7.56. The van der Waals surface area contributed by atoms with Crippen molar-refractivity contribution in [3.63, 3.8) is 0 Å².